The van der Waals surface area contributed by atoms with Gasteiger partial charge in [-0.25, -0.2) is 0 Å². The van der Waals surface area contributed by atoms with Crippen LogP contribution in [-0.4, -0.2) is 0 Å². The van der Waals surface area contributed by atoms with Gasteiger partial charge in [0.05, 0.1) is 6.16 Å². The molecule has 0 bridgehead atoms. The predicted molar refractivity (Wildman–Crippen MR) is 81.9 cm³/mol. The van der Waals surface area contributed by atoms with E-state index in [2.05, 4.69) is 57.2 Å². The average molecular weight is 270 g/mol. The maximum Gasteiger partial charge on any atom is 0.160 e. The van der Waals surface area contributed by atoms with Gasteiger partial charge < -0.3 is 0 Å². The third-order valence-corrected chi connectivity index (χ3v) is 3.76. The van der Waals surface area contributed by atoms with Gasteiger partial charge in [-0.2, -0.15) is 0 Å². The molecule has 2 aromatic carbocycles. The van der Waals surface area contributed by atoms with Crippen molar-refractivity contribution >= 4 is 8.46 Å². The van der Waals surface area contributed by atoms with Crippen molar-refractivity contribution in [3.63, 3.8) is 0 Å². The number of rotatable bonds is 3. The van der Waals surface area contributed by atoms with E-state index in [9.17, 15) is 4.57 Å². The molecule has 0 aliphatic rings. The van der Waals surface area contributed by atoms with E-state index < -0.39 is 0 Å². The molecule has 0 N–H and O–H groups in total. The molecule has 0 spiro atoms. The Morgan fingerprint density at radius 1 is 0.947 bits per heavy atom. The minimum absolute atomic E-state index is 0.164. The minimum Gasteiger partial charge on any atom is -0.275 e. The zero-order valence-electron chi connectivity index (χ0n) is 11.7. The first-order valence-electron chi connectivity index (χ1n) is 6.50. The molecule has 0 saturated heterocycles. The summed E-state index contributed by atoms with van der Waals surface area (Å²) in [5.41, 5.74) is 5.05. The van der Waals surface area contributed by atoms with Crippen molar-refractivity contribution in [2.24, 2.45) is 0 Å². The molecule has 0 aliphatic heterocycles. The standard InChI is InChI=1S/C17H19OP/c1-17(2,3)16-6-4-5-15(11-16)14-9-7-13(8-10-14)12-19-18/h4-11H,12H2,1-3H3. The van der Waals surface area contributed by atoms with Gasteiger partial charge in [0, 0.05) is 0 Å². The minimum atomic E-state index is 0.164. The quantitative estimate of drug-likeness (QED) is 0.678. The topological polar surface area (TPSA) is 17.1 Å². The van der Waals surface area contributed by atoms with E-state index in [0.717, 1.165) is 5.56 Å². The van der Waals surface area contributed by atoms with Gasteiger partial charge in [-0.3, -0.25) is 4.57 Å². The van der Waals surface area contributed by atoms with E-state index in [1.807, 2.05) is 12.1 Å². The van der Waals surface area contributed by atoms with Crippen molar-refractivity contribution in [1.82, 2.24) is 0 Å². The summed E-state index contributed by atoms with van der Waals surface area (Å²) in [5.74, 6) is 0. The molecule has 0 aliphatic carbocycles. The average Bonchev–Trinajstić information content (AvgIpc) is 2.39. The second kappa shape index (κ2) is 5.67. The van der Waals surface area contributed by atoms with E-state index >= 15 is 0 Å². The highest BCUT2D eigenvalue weighted by molar-refractivity contribution is 7.22. The smallest absolute Gasteiger partial charge is 0.160 e. The van der Waals surface area contributed by atoms with Crippen molar-refractivity contribution in [3.05, 3.63) is 59.7 Å². The van der Waals surface area contributed by atoms with Crippen LogP contribution in [0.5, 0.6) is 0 Å². The van der Waals surface area contributed by atoms with Crippen LogP contribution < -0.4 is 0 Å². The lowest BCUT2D eigenvalue weighted by Gasteiger charge is -2.19. The van der Waals surface area contributed by atoms with E-state index in [1.54, 1.807) is 0 Å². The molecule has 2 heteroatoms. The number of benzene rings is 2. The van der Waals surface area contributed by atoms with E-state index in [0.29, 0.717) is 6.16 Å². The molecule has 1 nitrogen and oxygen atoms in total. The van der Waals surface area contributed by atoms with Crippen LogP contribution in [0, 0.1) is 0 Å². The molecule has 0 aromatic heterocycles. The van der Waals surface area contributed by atoms with Crippen LogP contribution >= 0.6 is 8.46 Å². The first-order valence-corrected chi connectivity index (χ1v) is 7.49. The maximum atomic E-state index is 10.6. The fourth-order valence-electron chi connectivity index (χ4n) is 2.04. The molecule has 0 radical (unpaired) electrons. The molecule has 98 valence electrons. The second-order valence-corrected chi connectivity index (χ2v) is 6.39. The Morgan fingerprint density at radius 3 is 2.21 bits per heavy atom. The van der Waals surface area contributed by atoms with Gasteiger partial charge in [-0.15, -0.1) is 0 Å². The maximum absolute atomic E-state index is 10.6. The first-order chi connectivity index (χ1) is 9.00. The van der Waals surface area contributed by atoms with Crippen LogP contribution in [0.15, 0.2) is 48.5 Å². The van der Waals surface area contributed by atoms with Crippen LogP contribution in [0.4, 0.5) is 0 Å². The monoisotopic (exact) mass is 270 g/mol. The Morgan fingerprint density at radius 2 is 1.63 bits per heavy atom. The van der Waals surface area contributed by atoms with Crippen molar-refractivity contribution in [3.8, 4) is 11.1 Å². The molecule has 2 aromatic rings. The lowest BCUT2D eigenvalue weighted by atomic mass is 9.85. The molecule has 19 heavy (non-hydrogen) atoms. The predicted octanol–water partition coefficient (Wildman–Crippen LogP) is 5.44. The Bertz CT molecular complexity index is 565. The molecular formula is C17H19OP. The summed E-state index contributed by atoms with van der Waals surface area (Å²) in [6.45, 7) is 6.67. The fraction of sp³-hybridized carbons (Fsp3) is 0.294. The zero-order valence-corrected chi connectivity index (χ0v) is 12.6. The largest absolute Gasteiger partial charge is 0.275 e. The van der Waals surface area contributed by atoms with Gasteiger partial charge in [-0.1, -0.05) is 69.3 Å². The van der Waals surface area contributed by atoms with Gasteiger partial charge in [-0.05, 0) is 27.7 Å². The lowest BCUT2D eigenvalue weighted by Crippen LogP contribution is -2.10. The highest BCUT2D eigenvalue weighted by Crippen LogP contribution is 2.28. The Labute approximate surface area is 116 Å². The SMILES string of the molecule is CC(C)(C)c1cccc(-c2ccc(CP=O)cc2)c1. The van der Waals surface area contributed by atoms with Crippen LogP contribution in [0.2, 0.25) is 0 Å². The molecule has 0 amide bonds. The van der Waals surface area contributed by atoms with E-state index in [1.165, 1.54) is 16.7 Å². The van der Waals surface area contributed by atoms with Crippen molar-refractivity contribution in [1.29, 1.82) is 0 Å². The summed E-state index contributed by atoms with van der Waals surface area (Å²) < 4.78 is 10.6. The summed E-state index contributed by atoms with van der Waals surface area (Å²) in [6, 6.07) is 17.0. The van der Waals surface area contributed by atoms with Crippen LogP contribution in [0.1, 0.15) is 31.9 Å². The third kappa shape index (κ3) is 3.52. The highest BCUT2D eigenvalue weighted by Gasteiger charge is 2.13. The normalized spacial score (nSPS) is 11.7. The van der Waals surface area contributed by atoms with E-state index in [-0.39, 0.29) is 13.9 Å². The molecular weight excluding hydrogens is 251 g/mol. The van der Waals surface area contributed by atoms with E-state index in [4.69, 9.17) is 0 Å². The molecule has 0 fully saturated rings. The van der Waals surface area contributed by atoms with Crippen molar-refractivity contribution in [2.75, 3.05) is 0 Å². The first kappa shape index (κ1) is 14.0. The highest BCUT2D eigenvalue weighted by atomic mass is 31.1. The summed E-state index contributed by atoms with van der Waals surface area (Å²) in [6.07, 6.45) is 0.586. The molecule has 0 atom stereocenters. The van der Waals surface area contributed by atoms with Crippen molar-refractivity contribution in [2.45, 2.75) is 32.3 Å². The van der Waals surface area contributed by atoms with Gasteiger partial charge >= 0.3 is 0 Å². The molecule has 0 heterocycles. The van der Waals surface area contributed by atoms with Crippen LogP contribution in [0.3, 0.4) is 0 Å². The van der Waals surface area contributed by atoms with Crippen LogP contribution in [-0.2, 0) is 16.1 Å². The second-order valence-electron chi connectivity index (χ2n) is 5.81. The Balaban J connectivity index is 2.34. The summed E-state index contributed by atoms with van der Waals surface area (Å²) in [7, 11) is 0.176. The molecule has 0 unspecified atom stereocenters. The van der Waals surface area contributed by atoms with Gasteiger partial charge in [0.25, 0.3) is 0 Å². The Hall–Kier alpha value is -1.46. The lowest BCUT2D eigenvalue weighted by molar-refractivity contribution is 0.590. The summed E-state index contributed by atoms with van der Waals surface area (Å²) >= 11 is 0. The van der Waals surface area contributed by atoms with Gasteiger partial charge in [0.2, 0.25) is 0 Å². The molecule has 0 saturated carbocycles. The van der Waals surface area contributed by atoms with Gasteiger partial charge in [0.15, 0.2) is 8.46 Å². The van der Waals surface area contributed by atoms with Crippen LogP contribution in [0.25, 0.3) is 11.1 Å². The summed E-state index contributed by atoms with van der Waals surface area (Å²) in [4.78, 5) is 0. The number of hydrogen-bond donors (Lipinski definition) is 0. The summed E-state index contributed by atoms with van der Waals surface area (Å²) in [5, 5.41) is 0. The van der Waals surface area contributed by atoms with Crippen molar-refractivity contribution < 1.29 is 4.57 Å². The third-order valence-electron chi connectivity index (χ3n) is 3.26. The zero-order chi connectivity index (χ0) is 13.9. The Kier molecular flexibility index (Phi) is 4.17. The number of hydrogen-bond acceptors (Lipinski definition) is 1. The van der Waals surface area contributed by atoms with Gasteiger partial charge in [0.1, 0.15) is 0 Å². The molecule has 2 rings (SSSR count). The fourth-order valence-corrected chi connectivity index (χ4v) is 2.40.